The Balaban J connectivity index is 1.78. The molecule has 1 atom stereocenters. The fraction of sp³-hybridized carbons (Fsp3) is 0.200. The topological polar surface area (TPSA) is 42.0 Å². The molecule has 5 heteroatoms. The van der Waals surface area contributed by atoms with Gasteiger partial charge in [0.2, 0.25) is 5.91 Å². The Morgan fingerprint density at radius 3 is 2.40 bits per heavy atom. The number of carbonyl (C=O) groups is 1. The summed E-state index contributed by atoms with van der Waals surface area (Å²) >= 11 is 7.39. The van der Waals surface area contributed by atoms with Crippen LogP contribution in [0.1, 0.15) is 25.3 Å². The zero-order valence-corrected chi connectivity index (χ0v) is 15.6. The number of benzene rings is 2. The van der Waals surface area contributed by atoms with E-state index in [0.29, 0.717) is 10.2 Å². The van der Waals surface area contributed by atoms with E-state index < -0.39 is 0 Å². The van der Waals surface area contributed by atoms with Gasteiger partial charge in [-0.1, -0.05) is 67.9 Å². The SMILES string of the molecule is CC(C)[C@H](C(=O)Nc1nc(-c2ccccc2)cs1)c1ccc(Cl)cc1. The first-order chi connectivity index (χ1) is 12.0. The first-order valence-electron chi connectivity index (χ1n) is 8.12. The van der Waals surface area contributed by atoms with Crippen LogP contribution in [-0.4, -0.2) is 10.9 Å². The van der Waals surface area contributed by atoms with E-state index in [9.17, 15) is 4.79 Å². The third-order valence-electron chi connectivity index (χ3n) is 3.98. The molecule has 1 aromatic heterocycles. The third kappa shape index (κ3) is 4.27. The summed E-state index contributed by atoms with van der Waals surface area (Å²) in [5.41, 5.74) is 2.86. The van der Waals surface area contributed by atoms with Gasteiger partial charge in [-0.15, -0.1) is 11.3 Å². The normalized spacial score (nSPS) is 12.2. The first-order valence-corrected chi connectivity index (χ1v) is 9.37. The highest BCUT2D eigenvalue weighted by Crippen LogP contribution is 2.29. The molecule has 2 aromatic carbocycles. The van der Waals surface area contributed by atoms with Crippen LogP contribution in [0.3, 0.4) is 0 Å². The van der Waals surface area contributed by atoms with Crippen LogP contribution in [0, 0.1) is 5.92 Å². The molecule has 3 aromatic rings. The van der Waals surface area contributed by atoms with Gasteiger partial charge in [0, 0.05) is 16.0 Å². The Hall–Kier alpha value is -2.17. The van der Waals surface area contributed by atoms with Crippen LogP contribution in [-0.2, 0) is 4.79 Å². The highest BCUT2D eigenvalue weighted by Gasteiger charge is 2.25. The summed E-state index contributed by atoms with van der Waals surface area (Å²) in [6, 6.07) is 17.4. The highest BCUT2D eigenvalue weighted by atomic mass is 35.5. The molecule has 0 bridgehead atoms. The minimum absolute atomic E-state index is 0.0497. The summed E-state index contributed by atoms with van der Waals surface area (Å²) in [6.07, 6.45) is 0. The molecule has 25 heavy (non-hydrogen) atoms. The maximum absolute atomic E-state index is 12.8. The van der Waals surface area contributed by atoms with Gasteiger partial charge in [-0.3, -0.25) is 4.79 Å². The average Bonchev–Trinajstić information content (AvgIpc) is 3.06. The molecule has 0 radical (unpaired) electrons. The van der Waals surface area contributed by atoms with Crippen molar-refractivity contribution in [2.45, 2.75) is 19.8 Å². The maximum atomic E-state index is 12.8. The molecule has 0 spiro atoms. The Kier molecular flexibility index (Phi) is 5.51. The Morgan fingerprint density at radius 1 is 1.08 bits per heavy atom. The zero-order valence-electron chi connectivity index (χ0n) is 14.1. The van der Waals surface area contributed by atoms with Crippen LogP contribution < -0.4 is 5.32 Å². The van der Waals surface area contributed by atoms with E-state index in [1.165, 1.54) is 11.3 Å². The summed E-state index contributed by atoms with van der Waals surface area (Å²) in [6.45, 7) is 4.08. The minimum atomic E-state index is -0.249. The molecule has 0 fully saturated rings. The molecule has 3 nitrogen and oxygen atoms in total. The molecule has 0 saturated carbocycles. The van der Waals surface area contributed by atoms with E-state index in [2.05, 4.69) is 10.3 Å². The summed E-state index contributed by atoms with van der Waals surface area (Å²) in [5.74, 6) is -0.137. The lowest BCUT2D eigenvalue weighted by Crippen LogP contribution is -2.25. The van der Waals surface area contributed by atoms with E-state index in [1.807, 2.05) is 73.8 Å². The van der Waals surface area contributed by atoms with Crippen LogP contribution in [0.4, 0.5) is 5.13 Å². The Morgan fingerprint density at radius 2 is 1.76 bits per heavy atom. The zero-order chi connectivity index (χ0) is 17.8. The van der Waals surface area contributed by atoms with E-state index >= 15 is 0 Å². The minimum Gasteiger partial charge on any atom is -0.301 e. The van der Waals surface area contributed by atoms with Gasteiger partial charge >= 0.3 is 0 Å². The van der Waals surface area contributed by atoms with Gasteiger partial charge in [0.05, 0.1) is 11.6 Å². The predicted molar refractivity (Wildman–Crippen MR) is 105 cm³/mol. The Labute approximate surface area is 156 Å². The van der Waals surface area contributed by atoms with Gasteiger partial charge in [0.1, 0.15) is 0 Å². The van der Waals surface area contributed by atoms with Crippen molar-refractivity contribution in [1.29, 1.82) is 0 Å². The van der Waals surface area contributed by atoms with E-state index in [0.717, 1.165) is 16.8 Å². The number of amides is 1. The quantitative estimate of drug-likeness (QED) is 0.612. The summed E-state index contributed by atoms with van der Waals surface area (Å²) in [5, 5.41) is 6.20. The second kappa shape index (κ2) is 7.81. The lowest BCUT2D eigenvalue weighted by Gasteiger charge is -2.20. The molecule has 1 N–H and O–H groups in total. The fourth-order valence-corrected chi connectivity index (χ4v) is 3.61. The summed E-state index contributed by atoms with van der Waals surface area (Å²) in [7, 11) is 0. The molecule has 0 aliphatic heterocycles. The molecule has 0 saturated heterocycles. The standard InChI is InChI=1S/C20H19ClN2OS/c1-13(2)18(15-8-10-16(21)11-9-15)19(24)23-20-22-17(12-25-20)14-6-4-3-5-7-14/h3-13,18H,1-2H3,(H,22,23,24)/t18-/m0/s1. The van der Waals surface area contributed by atoms with Crippen molar-refractivity contribution in [1.82, 2.24) is 4.98 Å². The van der Waals surface area contributed by atoms with Crippen LogP contribution in [0.5, 0.6) is 0 Å². The molecule has 0 unspecified atom stereocenters. The number of hydrogen-bond acceptors (Lipinski definition) is 3. The van der Waals surface area contributed by atoms with Crippen molar-refractivity contribution in [3.05, 3.63) is 70.6 Å². The largest absolute Gasteiger partial charge is 0.301 e. The van der Waals surface area contributed by atoms with Crippen LogP contribution in [0.15, 0.2) is 60.0 Å². The summed E-state index contributed by atoms with van der Waals surface area (Å²) < 4.78 is 0. The maximum Gasteiger partial charge on any atom is 0.233 e. The van der Waals surface area contributed by atoms with Crippen LogP contribution >= 0.6 is 22.9 Å². The molecule has 128 valence electrons. The van der Waals surface area contributed by atoms with Gasteiger partial charge in [0.25, 0.3) is 0 Å². The number of halogens is 1. The fourth-order valence-electron chi connectivity index (χ4n) is 2.76. The second-order valence-electron chi connectivity index (χ2n) is 6.17. The second-order valence-corrected chi connectivity index (χ2v) is 7.46. The first kappa shape index (κ1) is 17.6. The van der Waals surface area contributed by atoms with E-state index in [-0.39, 0.29) is 17.7 Å². The molecule has 3 rings (SSSR count). The number of thiazole rings is 1. The lowest BCUT2D eigenvalue weighted by atomic mass is 9.88. The lowest BCUT2D eigenvalue weighted by molar-refractivity contribution is -0.118. The van der Waals surface area contributed by atoms with Crippen molar-refractivity contribution in [3.8, 4) is 11.3 Å². The number of aromatic nitrogens is 1. The van der Waals surface area contributed by atoms with Crippen molar-refractivity contribution in [2.75, 3.05) is 5.32 Å². The van der Waals surface area contributed by atoms with Gasteiger partial charge in [-0.05, 0) is 23.6 Å². The van der Waals surface area contributed by atoms with Crippen molar-refractivity contribution in [3.63, 3.8) is 0 Å². The number of anilines is 1. The molecule has 0 aliphatic carbocycles. The van der Waals surface area contributed by atoms with Gasteiger partial charge in [-0.2, -0.15) is 0 Å². The van der Waals surface area contributed by atoms with Crippen molar-refractivity contribution < 1.29 is 4.79 Å². The molecule has 1 amide bonds. The van der Waals surface area contributed by atoms with Gasteiger partial charge in [-0.25, -0.2) is 4.98 Å². The predicted octanol–water partition coefficient (Wildman–Crippen LogP) is 5.84. The van der Waals surface area contributed by atoms with Crippen molar-refractivity contribution in [2.24, 2.45) is 5.92 Å². The van der Waals surface area contributed by atoms with Crippen molar-refractivity contribution >= 4 is 34.0 Å². The number of carbonyl (C=O) groups excluding carboxylic acids is 1. The monoisotopic (exact) mass is 370 g/mol. The molecular weight excluding hydrogens is 352 g/mol. The number of hydrogen-bond donors (Lipinski definition) is 1. The number of nitrogens with one attached hydrogen (secondary N) is 1. The summed E-state index contributed by atoms with van der Waals surface area (Å²) in [4.78, 5) is 17.3. The average molecular weight is 371 g/mol. The molecule has 0 aliphatic rings. The van der Waals surface area contributed by atoms with E-state index in [4.69, 9.17) is 11.6 Å². The Bertz CT molecular complexity index is 844. The van der Waals surface area contributed by atoms with Crippen LogP contribution in [0.2, 0.25) is 5.02 Å². The highest BCUT2D eigenvalue weighted by molar-refractivity contribution is 7.14. The smallest absolute Gasteiger partial charge is 0.233 e. The molecule has 1 heterocycles. The van der Waals surface area contributed by atoms with Crippen LogP contribution in [0.25, 0.3) is 11.3 Å². The van der Waals surface area contributed by atoms with Gasteiger partial charge < -0.3 is 5.32 Å². The van der Waals surface area contributed by atoms with E-state index in [1.54, 1.807) is 0 Å². The van der Waals surface area contributed by atoms with Gasteiger partial charge in [0.15, 0.2) is 5.13 Å². The number of nitrogens with zero attached hydrogens (tertiary/aromatic N) is 1. The number of rotatable bonds is 5. The molecular formula is C20H19ClN2OS. The third-order valence-corrected chi connectivity index (χ3v) is 4.99.